The molecule has 0 saturated carbocycles. The normalized spacial score (nSPS) is 21.9. The number of aliphatic hydroxyl groups is 1. The van der Waals surface area contributed by atoms with Crippen LogP contribution in [0.25, 0.3) is 6.08 Å². The summed E-state index contributed by atoms with van der Waals surface area (Å²) in [4.78, 5) is 0.282. The second-order valence-corrected chi connectivity index (χ2v) is 1.94. The van der Waals surface area contributed by atoms with Gasteiger partial charge in [0, 0.05) is 8.22 Å². The van der Waals surface area contributed by atoms with Crippen LogP contribution in [0, 0.1) is 0 Å². The highest BCUT2D eigenvalue weighted by Gasteiger charge is 2.16. The van der Waals surface area contributed by atoms with Gasteiger partial charge in [0.05, 0.1) is 6.20 Å². The largest absolute Gasteiger partial charge is 0.368 e. The zero-order valence-corrected chi connectivity index (χ0v) is 5.65. The summed E-state index contributed by atoms with van der Waals surface area (Å²) in [6.45, 7) is -3.03. The number of hydrogen-bond donors (Lipinski definition) is 1. The second-order valence-electron chi connectivity index (χ2n) is 1.94. The van der Waals surface area contributed by atoms with Crippen LogP contribution in [0.3, 0.4) is 0 Å². The molecule has 60 valence electrons. The summed E-state index contributed by atoms with van der Waals surface area (Å²) in [7, 11) is 0. The lowest BCUT2D eigenvalue weighted by molar-refractivity contribution is -0.0239. The number of rotatable bonds is 2. The van der Waals surface area contributed by atoms with E-state index < -0.39 is 19.4 Å². The summed E-state index contributed by atoms with van der Waals surface area (Å²) in [6, 6.07) is 0. The van der Waals surface area contributed by atoms with Crippen LogP contribution in [-0.4, -0.2) is 20.1 Å². The number of aromatic nitrogens is 3. The Morgan fingerprint density at radius 3 is 3.09 bits per heavy atom. The van der Waals surface area contributed by atoms with Gasteiger partial charge in [-0.05, 0) is 19.8 Å². The molecule has 0 bridgehead atoms. The summed E-state index contributed by atoms with van der Waals surface area (Å²) in [6.07, 6.45) is 2.36. The van der Waals surface area contributed by atoms with Crippen LogP contribution in [0.15, 0.2) is 12.8 Å². The molecule has 0 aliphatic rings. The minimum absolute atomic E-state index is 0.164. The summed E-state index contributed by atoms with van der Waals surface area (Å²) >= 11 is 0. The molecular weight excluding hydrogens is 142 g/mol. The molecule has 0 atom stereocenters. The molecule has 4 heteroatoms. The van der Waals surface area contributed by atoms with Crippen molar-refractivity contribution < 1.29 is 13.3 Å². The Kier molecular flexibility index (Phi) is 0.687. The van der Waals surface area contributed by atoms with Gasteiger partial charge in [-0.1, -0.05) is 6.58 Å². The van der Waals surface area contributed by atoms with E-state index in [0.29, 0.717) is 0 Å². The van der Waals surface area contributed by atoms with Gasteiger partial charge in [-0.3, -0.25) is 0 Å². The third kappa shape index (κ3) is 1.65. The Hall–Kier alpha value is -1.16. The molecule has 1 aromatic rings. The Morgan fingerprint density at radius 2 is 2.64 bits per heavy atom. The fourth-order valence-electron chi connectivity index (χ4n) is 0.524. The lowest BCUT2D eigenvalue weighted by Crippen LogP contribution is -2.27. The molecule has 0 radical (unpaired) electrons. The lowest BCUT2D eigenvalue weighted by Gasteiger charge is -2.14. The van der Waals surface area contributed by atoms with E-state index in [9.17, 15) is 5.11 Å². The van der Waals surface area contributed by atoms with Crippen molar-refractivity contribution in [3.05, 3.63) is 18.5 Å². The van der Waals surface area contributed by atoms with Crippen LogP contribution >= 0.6 is 0 Å². The van der Waals surface area contributed by atoms with Crippen molar-refractivity contribution in [2.75, 3.05) is 0 Å². The Balaban J connectivity index is 3.40. The van der Waals surface area contributed by atoms with E-state index in [4.69, 9.17) is 8.22 Å². The highest BCUT2D eigenvalue weighted by Crippen LogP contribution is 2.06. The van der Waals surface area contributed by atoms with Crippen molar-refractivity contribution in [1.29, 1.82) is 0 Å². The molecule has 0 aliphatic heterocycles. The molecule has 11 heavy (non-hydrogen) atoms. The Labute approximate surface area is 73.6 Å². The molecule has 4 nitrogen and oxygen atoms in total. The molecule has 0 amide bonds. The van der Waals surface area contributed by atoms with Gasteiger partial charge >= 0.3 is 0 Å². The molecular formula is C7H11N3O. The highest BCUT2D eigenvalue weighted by atomic mass is 16.3. The average Bonchev–Trinajstić information content (AvgIpc) is 2.61. The van der Waals surface area contributed by atoms with Gasteiger partial charge in [-0.25, -0.2) is 0 Å². The van der Waals surface area contributed by atoms with E-state index in [1.807, 2.05) is 0 Å². The van der Waals surface area contributed by atoms with Crippen LogP contribution in [-0.2, 0) is 5.72 Å². The second kappa shape index (κ2) is 2.47. The van der Waals surface area contributed by atoms with E-state index in [1.54, 1.807) is 0 Å². The molecule has 1 aromatic heterocycles. The van der Waals surface area contributed by atoms with Gasteiger partial charge in [0.25, 0.3) is 0 Å². The predicted molar refractivity (Wildman–Crippen MR) is 41.7 cm³/mol. The Bertz CT molecular complexity index is 406. The van der Waals surface area contributed by atoms with Gasteiger partial charge in [0.1, 0.15) is 5.69 Å². The van der Waals surface area contributed by atoms with Gasteiger partial charge < -0.3 is 5.11 Å². The first-order valence-corrected chi connectivity index (χ1v) is 2.81. The smallest absolute Gasteiger partial charge is 0.171 e. The van der Waals surface area contributed by atoms with E-state index in [2.05, 4.69) is 16.8 Å². The first-order chi connectivity index (χ1) is 7.54. The lowest BCUT2D eigenvalue weighted by atomic mass is 10.3. The fraction of sp³-hybridized carbons (Fsp3) is 0.429. The Morgan fingerprint density at radius 1 is 1.91 bits per heavy atom. The topological polar surface area (TPSA) is 50.9 Å². The molecule has 1 heterocycles. The number of hydrogen-bond acceptors (Lipinski definition) is 3. The van der Waals surface area contributed by atoms with Crippen molar-refractivity contribution in [2.45, 2.75) is 19.4 Å². The van der Waals surface area contributed by atoms with Crippen LogP contribution < -0.4 is 0 Å². The van der Waals surface area contributed by atoms with Crippen molar-refractivity contribution in [1.82, 2.24) is 15.0 Å². The summed E-state index contributed by atoms with van der Waals surface area (Å²) < 4.78 is 42.9. The first-order valence-electron chi connectivity index (χ1n) is 5.81. The SMILES string of the molecule is [2H]C([2H])([2H])C(O)(n1ncc(C=C)n1)C([2H])([2H])[2H]. The van der Waals surface area contributed by atoms with Gasteiger partial charge in [0.15, 0.2) is 5.72 Å². The third-order valence-corrected chi connectivity index (χ3v) is 1.01. The van der Waals surface area contributed by atoms with E-state index in [-0.39, 0.29) is 10.5 Å². The van der Waals surface area contributed by atoms with Crippen molar-refractivity contribution in [3.63, 3.8) is 0 Å². The average molecular weight is 159 g/mol. The van der Waals surface area contributed by atoms with E-state index >= 15 is 0 Å². The monoisotopic (exact) mass is 159 g/mol. The third-order valence-electron chi connectivity index (χ3n) is 1.01. The van der Waals surface area contributed by atoms with E-state index in [1.165, 1.54) is 6.08 Å². The number of nitrogens with zero attached hydrogens (tertiary/aromatic N) is 3. The molecule has 0 fully saturated rings. The standard InChI is InChI=1S/C7H11N3O/c1-4-6-5-8-10(9-6)7(2,3)11/h4-5,11H,1H2,2-3H3/i2D3,3D3. The minimum Gasteiger partial charge on any atom is -0.368 e. The highest BCUT2D eigenvalue weighted by molar-refractivity contribution is 5.38. The maximum Gasteiger partial charge on any atom is 0.171 e. The molecule has 0 saturated heterocycles. The fourth-order valence-corrected chi connectivity index (χ4v) is 0.524. The van der Waals surface area contributed by atoms with Crippen molar-refractivity contribution >= 4 is 6.08 Å². The van der Waals surface area contributed by atoms with Gasteiger partial charge in [-0.2, -0.15) is 15.0 Å². The maximum atomic E-state index is 9.94. The van der Waals surface area contributed by atoms with Crippen LogP contribution in [0.2, 0.25) is 0 Å². The molecule has 0 spiro atoms. The van der Waals surface area contributed by atoms with Gasteiger partial charge in [0.2, 0.25) is 0 Å². The zero-order valence-electron chi connectivity index (χ0n) is 11.7. The predicted octanol–water partition coefficient (Wildman–Crippen LogP) is 0.606. The van der Waals surface area contributed by atoms with Crippen LogP contribution in [0.4, 0.5) is 0 Å². The zero-order chi connectivity index (χ0) is 13.5. The molecule has 1 N–H and O–H groups in total. The summed E-state index contributed by atoms with van der Waals surface area (Å²) in [5, 5.41) is 17.0. The quantitative estimate of drug-likeness (QED) is 0.687. The molecule has 0 aliphatic carbocycles. The molecule has 0 unspecified atom stereocenters. The van der Waals surface area contributed by atoms with Crippen LogP contribution in [0.1, 0.15) is 27.6 Å². The van der Waals surface area contributed by atoms with Crippen molar-refractivity contribution in [3.8, 4) is 0 Å². The minimum atomic E-state index is -3.20. The van der Waals surface area contributed by atoms with Gasteiger partial charge in [-0.15, -0.1) is 0 Å². The summed E-state index contributed by atoms with van der Waals surface area (Å²) in [5.41, 5.74) is -3.00. The maximum absolute atomic E-state index is 9.94. The van der Waals surface area contributed by atoms with Crippen molar-refractivity contribution in [2.24, 2.45) is 0 Å². The first kappa shape index (κ1) is 3.06. The van der Waals surface area contributed by atoms with Crippen LogP contribution in [0.5, 0.6) is 0 Å². The summed E-state index contributed by atoms with van der Waals surface area (Å²) in [5.74, 6) is 0. The molecule has 1 rings (SSSR count). The van der Waals surface area contributed by atoms with E-state index in [0.717, 1.165) is 6.20 Å². The molecule has 0 aromatic carbocycles.